The molecule has 0 saturated carbocycles. The van der Waals surface area contributed by atoms with Crippen molar-refractivity contribution >= 4 is 17.5 Å². The van der Waals surface area contributed by atoms with Gasteiger partial charge in [0.1, 0.15) is 17.3 Å². The third kappa shape index (κ3) is 5.97. The van der Waals surface area contributed by atoms with Crippen molar-refractivity contribution in [3.63, 3.8) is 0 Å². The molecule has 0 aromatic heterocycles. The third-order valence-electron chi connectivity index (χ3n) is 6.03. The quantitative estimate of drug-likeness (QED) is 0.461. The molecule has 3 aromatic carbocycles. The Morgan fingerprint density at radius 2 is 1.75 bits per heavy atom. The standard InChI is InChI=1S/C27H25F3N2O4/c1-35-22-11-6-17(7-12-22)23-15-21(10-13-24(23)36-27(29)30)31-25(33)19-3-2-14-32(16-19)26(34)18-4-8-20(28)9-5-18/h4-13,15,19,27H,2-3,14,16H2,1H3,(H,31,33). The molecule has 0 radical (unpaired) electrons. The first-order valence-corrected chi connectivity index (χ1v) is 11.4. The van der Waals surface area contributed by atoms with E-state index in [0.717, 1.165) is 0 Å². The van der Waals surface area contributed by atoms with Crippen LogP contribution in [-0.2, 0) is 4.79 Å². The normalized spacial score (nSPS) is 15.5. The number of hydrogen-bond acceptors (Lipinski definition) is 4. The molecule has 2 amide bonds. The monoisotopic (exact) mass is 498 g/mol. The van der Waals surface area contributed by atoms with Crippen molar-refractivity contribution in [2.45, 2.75) is 19.5 Å². The maximum absolute atomic E-state index is 13.2. The molecule has 1 atom stereocenters. The summed E-state index contributed by atoms with van der Waals surface area (Å²) >= 11 is 0. The van der Waals surface area contributed by atoms with Crippen LogP contribution in [0.25, 0.3) is 11.1 Å². The Morgan fingerprint density at radius 3 is 2.42 bits per heavy atom. The molecule has 1 aliphatic heterocycles. The molecular formula is C27H25F3N2O4. The Morgan fingerprint density at radius 1 is 1.03 bits per heavy atom. The van der Waals surface area contributed by atoms with Crippen molar-refractivity contribution in [2.75, 3.05) is 25.5 Å². The zero-order chi connectivity index (χ0) is 25.7. The molecule has 1 heterocycles. The summed E-state index contributed by atoms with van der Waals surface area (Å²) in [5.74, 6) is -0.845. The van der Waals surface area contributed by atoms with Gasteiger partial charge in [0, 0.05) is 29.9 Å². The van der Waals surface area contributed by atoms with E-state index in [4.69, 9.17) is 4.74 Å². The lowest BCUT2D eigenvalue weighted by Gasteiger charge is -2.32. The highest BCUT2D eigenvalue weighted by molar-refractivity contribution is 5.96. The van der Waals surface area contributed by atoms with Crippen LogP contribution in [0, 0.1) is 11.7 Å². The van der Waals surface area contributed by atoms with Crippen molar-refractivity contribution in [1.82, 2.24) is 4.90 Å². The maximum Gasteiger partial charge on any atom is 0.387 e. The van der Waals surface area contributed by atoms with Crippen molar-refractivity contribution in [3.05, 3.63) is 78.1 Å². The summed E-state index contributed by atoms with van der Waals surface area (Å²) in [7, 11) is 1.52. The molecule has 1 unspecified atom stereocenters. The number of ether oxygens (including phenoxy) is 2. The molecule has 188 valence electrons. The van der Waals surface area contributed by atoms with Crippen LogP contribution in [0.4, 0.5) is 18.9 Å². The van der Waals surface area contributed by atoms with Gasteiger partial charge in [-0.2, -0.15) is 8.78 Å². The molecule has 6 nitrogen and oxygen atoms in total. The van der Waals surface area contributed by atoms with Gasteiger partial charge in [-0.15, -0.1) is 0 Å². The minimum absolute atomic E-state index is 0.0260. The zero-order valence-electron chi connectivity index (χ0n) is 19.5. The van der Waals surface area contributed by atoms with E-state index in [1.165, 1.54) is 43.5 Å². The fourth-order valence-corrected chi connectivity index (χ4v) is 4.20. The minimum atomic E-state index is -3.01. The summed E-state index contributed by atoms with van der Waals surface area (Å²) < 4.78 is 49.0. The van der Waals surface area contributed by atoms with Crippen LogP contribution in [0.5, 0.6) is 11.5 Å². The molecule has 3 aromatic rings. The van der Waals surface area contributed by atoms with Crippen LogP contribution < -0.4 is 14.8 Å². The predicted molar refractivity (Wildman–Crippen MR) is 129 cm³/mol. The Kier molecular flexibility index (Phi) is 7.77. The number of hydrogen-bond donors (Lipinski definition) is 1. The first-order chi connectivity index (χ1) is 17.3. The van der Waals surface area contributed by atoms with Crippen LogP contribution in [0.3, 0.4) is 0 Å². The lowest BCUT2D eigenvalue weighted by molar-refractivity contribution is -0.121. The van der Waals surface area contributed by atoms with E-state index >= 15 is 0 Å². The molecule has 0 spiro atoms. The van der Waals surface area contributed by atoms with Gasteiger partial charge >= 0.3 is 6.61 Å². The number of methoxy groups -OCH3 is 1. The second-order valence-electron chi connectivity index (χ2n) is 8.40. The van der Waals surface area contributed by atoms with Crippen molar-refractivity contribution in [2.24, 2.45) is 5.92 Å². The van der Waals surface area contributed by atoms with Gasteiger partial charge in [0.05, 0.1) is 13.0 Å². The SMILES string of the molecule is COc1ccc(-c2cc(NC(=O)C3CCCN(C(=O)c4ccc(F)cc4)C3)ccc2OC(F)F)cc1. The van der Waals surface area contributed by atoms with Crippen LogP contribution >= 0.6 is 0 Å². The van der Waals surface area contributed by atoms with E-state index in [-0.39, 0.29) is 24.1 Å². The lowest BCUT2D eigenvalue weighted by Crippen LogP contribution is -2.43. The first kappa shape index (κ1) is 25.1. The van der Waals surface area contributed by atoms with Crippen LogP contribution in [0.2, 0.25) is 0 Å². The summed E-state index contributed by atoms with van der Waals surface area (Å²) in [6, 6.07) is 16.5. The number of likely N-dealkylation sites (tertiary alicyclic amines) is 1. The summed E-state index contributed by atoms with van der Waals surface area (Å²) in [5.41, 5.74) is 1.76. The van der Waals surface area contributed by atoms with E-state index < -0.39 is 18.3 Å². The summed E-state index contributed by atoms with van der Waals surface area (Å²) in [6.45, 7) is -2.28. The second-order valence-corrected chi connectivity index (χ2v) is 8.40. The number of carbonyl (C=O) groups is 2. The maximum atomic E-state index is 13.2. The number of anilines is 1. The van der Waals surface area contributed by atoms with E-state index in [9.17, 15) is 22.8 Å². The van der Waals surface area contributed by atoms with Gasteiger partial charge in [-0.1, -0.05) is 12.1 Å². The number of rotatable bonds is 7. The summed E-state index contributed by atoms with van der Waals surface area (Å²) in [4.78, 5) is 27.4. The van der Waals surface area contributed by atoms with E-state index in [0.29, 0.717) is 47.5 Å². The van der Waals surface area contributed by atoms with Crippen LogP contribution in [0.15, 0.2) is 66.7 Å². The Bertz CT molecular complexity index is 1220. The lowest BCUT2D eigenvalue weighted by atomic mass is 9.96. The van der Waals surface area contributed by atoms with E-state index in [1.54, 1.807) is 35.2 Å². The van der Waals surface area contributed by atoms with Crippen molar-refractivity contribution in [3.8, 4) is 22.6 Å². The average molecular weight is 499 g/mol. The Labute approximate surface area is 206 Å². The number of nitrogens with zero attached hydrogens (tertiary/aromatic N) is 1. The molecule has 0 aliphatic carbocycles. The minimum Gasteiger partial charge on any atom is -0.497 e. The average Bonchev–Trinajstić information content (AvgIpc) is 2.89. The fraction of sp³-hybridized carbons (Fsp3) is 0.259. The van der Waals surface area contributed by atoms with Crippen molar-refractivity contribution in [1.29, 1.82) is 0 Å². The fourth-order valence-electron chi connectivity index (χ4n) is 4.20. The number of nitrogens with one attached hydrogen (secondary N) is 1. The highest BCUT2D eigenvalue weighted by atomic mass is 19.3. The molecular weight excluding hydrogens is 473 g/mol. The highest BCUT2D eigenvalue weighted by Gasteiger charge is 2.29. The van der Waals surface area contributed by atoms with Gasteiger partial charge in [0.15, 0.2) is 0 Å². The molecule has 4 rings (SSSR count). The smallest absolute Gasteiger partial charge is 0.387 e. The number of piperidine rings is 1. The van der Waals surface area contributed by atoms with Gasteiger partial charge in [0.25, 0.3) is 5.91 Å². The first-order valence-electron chi connectivity index (χ1n) is 11.4. The van der Waals surface area contributed by atoms with Gasteiger partial charge in [-0.05, 0) is 73.0 Å². The van der Waals surface area contributed by atoms with Crippen molar-refractivity contribution < 1.29 is 32.2 Å². The number of benzene rings is 3. The molecule has 1 N–H and O–H groups in total. The van der Waals surface area contributed by atoms with Gasteiger partial charge < -0.3 is 19.7 Å². The molecule has 1 saturated heterocycles. The highest BCUT2D eigenvalue weighted by Crippen LogP contribution is 2.35. The zero-order valence-corrected chi connectivity index (χ0v) is 19.5. The molecule has 1 fully saturated rings. The number of alkyl halides is 2. The number of carbonyl (C=O) groups excluding carboxylic acids is 2. The molecule has 0 bridgehead atoms. The van der Waals surface area contributed by atoms with E-state index in [2.05, 4.69) is 10.1 Å². The van der Waals surface area contributed by atoms with E-state index in [1.807, 2.05) is 0 Å². The van der Waals surface area contributed by atoms with Crippen LogP contribution in [-0.4, -0.2) is 43.5 Å². The summed E-state index contributed by atoms with van der Waals surface area (Å²) in [6.07, 6.45) is 1.24. The number of halogens is 3. The Balaban J connectivity index is 1.50. The largest absolute Gasteiger partial charge is 0.497 e. The predicted octanol–water partition coefficient (Wildman–Crippen LogP) is 5.59. The molecule has 9 heteroatoms. The topological polar surface area (TPSA) is 67.9 Å². The third-order valence-corrected chi connectivity index (χ3v) is 6.03. The summed E-state index contributed by atoms with van der Waals surface area (Å²) in [5, 5.41) is 2.84. The van der Waals surface area contributed by atoms with Gasteiger partial charge in [0.2, 0.25) is 5.91 Å². The molecule has 1 aliphatic rings. The second kappa shape index (κ2) is 11.2. The van der Waals surface area contributed by atoms with Gasteiger partial charge in [-0.25, -0.2) is 4.39 Å². The van der Waals surface area contributed by atoms with Gasteiger partial charge in [-0.3, -0.25) is 9.59 Å². The van der Waals surface area contributed by atoms with Crippen LogP contribution in [0.1, 0.15) is 23.2 Å². The number of amides is 2. The Hall–Kier alpha value is -4.01. The molecule has 36 heavy (non-hydrogen) atoms.